The molecule has 2 aliphatic heterocycles. The van der Waals surface area contributed by atoms with Gasteiger partial charge in [-0.2, -0.15) is 0 Å². The summed E-state index contributed by atoms with van der Waals surface area (Å²) in [5.74, 6) is -0.334. The first kappa shape index (κ1) is 23.2. The van der Waals surface area contributed by atoms with Crippen LogP contribution in [0.5, 0.6) is 5.88 Å². The number of aliphatic imine (C=N–C) groups is 1. The molecule has 1 spiro atoms. The highest BCUT2D eigenvalue weighted by atomic mass is 32.2. The van der Waals surface area contributed by atoms with Gasteiger partial charge in [0.1, 0.15) is 35.1 Å². The number of fused-ring (bicyclic) bond motifs is 2. The van der Waals surface area contributed by atoms with Gasteiger partial charge in [-0.1, -0.05) is 18.2 Å². The van der Waals surface area contributed by atoms with Crippen LogP contribution in [0.1, 0.15) is 41.0 Å². The van der Waals surface area contributed by atoms with E-state index in [0.717, 1.165) is 5.56 Å². The van der Waals surface area contributed by atoms with E-state index in [2.05, 4.69) is 15.0 Å². The predicted octanol–water partition coefficient (Wildman–Crippen LogP) is 1.54. The van der Waals surface area contributed by atoms with Gasteiger partial charge in [-0.05, 0) is 30.5 Å². The van der Waals surface area contributed by atoms with Gasteiger partial charge in [0.2, 0.25) is 5.88 Å². The lowest BCUT2D eigenvalue weighted by molar-refractivity contribution is 0.0609. The molecule has 0 saturated carbocycles. The Labute approximate surface area is 191 Å². The maximum atomic E-state index is 13.0. The average molecular weight is 477 g/mol. The van der Waals surface area contributed by atoms with E-state index in [0.29, 0.717) is 17.7 Å². The molecule has 2 aromatic rings. The number of sulfone groups is 1. The predicted molar refractivity (Wildman–Crippen MR) is 119 cm³/mol. The number of benzene rings is 1. The van der Waals surface area contributed by atoms with E-state index < -0.39 is 26.8 Å². The van der Waals surface area contributed by atoms with Crippen molar-refractivity contribution < 1.29 is 27.1 Å². The zero-order chi connectivity index (χ0) is 23.9. The lowest BCUT2D eigenvalue weighted by Crippen LogP contribution is -2.57. The van der Waals surface area contributed by atoms with E-state index in [1.165, 1.54) is 12.4 Å². The van der Waals surface area contributed by atoms with Crippen LogP contribution in [0.15, 0.2) is 35.6 Å². The zero-order valence-electron chi connectivity index (χ0n) is 18.4. The molecule has 4 rings (SSSR count). The number of ether oxygens (including phenoxy) is 2. The fourth-order valence-electron chi connectivity index (χ4n) is 3.92. The maximum Gasteiger partial charge on any atom is 0.232 e. The van der Waals surface area contributed by atoms with Crippen molar-refractivity contribution in [2.45, 2.75) is 37.2 Å². The molecule has 0 aliphatic carbocycles. The van der Waals surface area contributed by atoms with Crippen LogP contribution in [-0.2, 0) is 33.1 Å². The van der Waals surface area contributed by atoms with Gasteiger partial charge in [0.05, 0.1) is 31.4 Å². The van der Waals surface area contributed by atoms with E-state index in [4.69, 9.17) is 15.2 Å². The Morgan fingerprint density at radius 3 is 2.73 bits per heavy atom. The van der Waals surface area contributed by atoms with E-state index in [9.17, 15) is 17.6 Å². The van der Waals surface area contributed by atoms with Gasteiger partial charge in [0.15, 0.2) is 15.6 Å². The van der Waals surface area contributed by atoms with Gasteiger partial charge in [-0.3, -0.25) is 9.79 Å². The first-order valence-corrected chi connectivity index (χ1v) is 12.1. The maximum absolute atomic E-state index is 13.0. The summed E-state index contributed by atoms with van der Waals surface area (Å²) in [6.45, 7) is 2.70. The minimum absolute atomic E-state index is 0.0288. The van der Waals surface area contributed by atoms with Crippen LogP contribution in [0.2, 0.25) is 0 Å². The highest BCUT2D eigenvalue weighted by molar-refractivity contribution is 7.93. The quantitative estimate of drug-likeness (QED) is 0.621. The van der Waals surface area contributed by atoms with E-state index in [1.807, 2.05) is 6.07 Å². The molecule has 0 bridgehead atoms. The van der Waals surface area contributed by atoms with Crippen molar-refractivity contribution in [3.63, 3.8) is 0 Å². The van der Waals surface area contributed by atoms with Gasteiger partial charge in [0, 0.05) is 6.42 Å². The van der Waals surface area contributed by atoms with Crippen LogP contribution in [0.4, 0.5) is 4.39 Å². The van der Waals surface area contributed by atoms with E-state index >= 15 is 0 Å². The second kappa shape index (κ2) is 8.45. The van der Waals surface area contributed by atoms with Crippen LogP contribution in [0, 0.1) is 0 Å². The normalized spacial score (nSPS) is 22.9. The van der Waals surface area contributed by atoms with Gasteiger partial charge in [-0.15, -0.1) is 0 Å². The molecule has 2 N–H and O–H groups in total. The lowest BCUT2D eigenvalue weighted by Gasteiger charge is -2.42. The number of halogens is 1. The Hall–Kier alpha value is -2.92. The van der Waals surface area contributed by atoms with Crippen LogP contribution in [0.25, 0.3) is 0 Å². The largest absolute Gasteiger partial charge is 0.474 e. The fourth-order valence-corrected chi connectivity index (χ4v) is 5.57. The topological polar surface area (TPSA) is 134 Å². The smallest absolute Gasteiger partial charge is 0.232 e. The Morgan fingerprint density at radius 2 is 2.06 bits per heavy atom. The summed E-state index contributed by atoms with van der Waals surface area (Å²) in [5, 5.41) is 0. The minimum atomic E-state index is -3.61. The molecule has 0 radical (unpaired) electrons. The number of carbonyl (C=O) groups excluding carboxylic acids is 1. The Morgan fingerprint density at radius 1 is 1.27 bits per heavy atom. The Balaban J connectivity index is 1.63. The SMILES string of the molecule is CC1(C)C(N)=N[C@@]2(COCc3ccc(CC(=O)c4cnc(OCCF)cn4)cc32)CS1(=O)=O. The zero-order valence-corrected chi connectivity index (χ0v) is 19.2. The summed E-state index contributed by atoms with van der Waals surface area (Å²) >= 11 is 0. The standard InChI is InChI=1S/C22H25FN4O5S/c1-21(2)20(24)27-22(13-33(21,29)30)12-31-11-15-4-3-14(7-16(15)22)8-18(28)17-9-26-19(10-25-17)32-6-5-23/h3-4,7,9-10H,5-6,8,11-13H2,1-2H3,(H2,24,27)/t22-/m0/s1. The number of carbonyl (C=O) groups is 1. The van der Waals surface area contributed by atoms with Gasteiger partial charge < -0.3 is 15.2 Å². The fraction of sp³-hybridized carbons (Fsp3) is 0.455. The number of rotatable bonds is 6. The molecule has 0 saturated heterocycles. The lowest BCUT2D eigenvalue weighted by atomic mass is 9.85. The number of alkyl halides is 1. The number of nitrogens with zero attached hydrogens (tertiary/aromatic N) is 3. The van der Waals surface area contributed by atoms with Crippen LogP contribution < -0.4 is 10.5 Å². The van der Waals surface area contributed by atoms with Gasteiger partial charge >= 0.3 is 0 Å². The van der Waals surface area contributed by atoms with Crippen molar-refractivity contribution >= 4 is 21.5 Å². The summed E-state index contributed by atoms with van der Waals surface area (Å²) in [6.07, 6.45) is 2.58. The van der Waals surface area contributed by atoms with Crippen molar-refractivity contribution in [1.82, 2.24) is 9.97 Å². The number of nitrogens with two attached hydrogens (primary N) is 1. The second-order valence-electron chi connectivity index (χ2n) is 8.66. The molecular weight excluding hydrogens is 451 g/mol. The first-order valence-electron chi connectivity index (χ1n) is 10.4. The molecule has 9 nitrogen and oxygen atoms in total. The number of hydrogen-bond donors (Lipinski definition) is 1. The van der Waals surface area contributed by atoms with Crippen molar-refractivity contribution in [1.29, 1.82) is 0 Å². The molecule has 1 aromatic carbocycles. The van der Waals surface area contributed by atoms with E-state index in [1.54, 1.807) is 26.0 Å². The monoisotopic (exact) mass is 476 g/mol. The summed E-state index contributed by atoms with van der Waals surface area (Å²) in [4.78, 5) is 25.4. The molecule has 11 heteroatoms. The van der Waals surface area contributed by atoms with Crippen LogP contribution >= 0.6 is 0 Å². The summed E-state index contributed by atoms with van der Waals surface area (Å²) in [5.41, 5.74) is 7.27. The third-order valence-electron chi connectivity index (χ3n) is 6.04. The molecule has 2 aliphatic rings. The molecule has 0 fully saturated rings. The molecule has 1 aromatic heterocycles. The van der Waals surface area contributed by atoms with Crippen molar-refractivity contribution in [3.8, 4) is 5.88 Å². The average Bonchev–Trinajstić information content (AvgIpc) is 2.77. The van der Waals surface area contributed by atoms with Gasteiger partial charge in [0.25, 0.3) is 0 Å². The Bertz CT molecular complexity index is 1210. The Kier molecular flexibility index (Phi) is 5.95. The second-order valence-corrected chi connectivity index (χ2v) is 11.2. The molecule has 3 heterocycles. The first-order chi connectivity index (χ1) is 15.6. The number of Topliss-reactive ketones (excluding diaryl/α,β-unsaturated/α-hetero) is 1. The van der Waals surface area contributed by atoms with Crippen LogP contribution in [-0.4, -0.2) is 60.4 Å². The molecule has 1 atom stereocenters. The molecule has 33 heavy (non-hydrogen) atoms. The van der Waals surface area contributed by atoms with Crippen molar-refractivity contribution in [2.24, 2.45) is 10.7 Å². The summed E-state index contributed by atoms with van der Waals surface area (Å²) in [7, 11) is -3.61. The molecule has 176 valence electrons. The summed E-state index contributed by atoms with van der Waals surface area (Å²) < 4.78 is 47.7. The highest BCUT2D eigenvalue weighted by Gasteiger charge is 2.52. The van der Waals surface area contributed by atoms with Crippen molar-refractivity contribution in [3.05, 3.63) is 53.0 Å². The third kappa shape index (κ3) is 4.22. The van der Waals surface area contributed by atoms with Crippen LogP contribution in [0.3, 0.4) is 0 Å². The van der Waals surface area contributed by atoms with Crippen molar-refractivity contribution in [2.75, 3.05) is 25.6 Å². The highest BCUT2D eigenvalue weighted by Crippen LogP contribution is 2.41. The molecular formula is C22H25FN4O5S. The molecule has 0 unspecified atom stereocenters. The number of amidine groups is 1. The number of aromatic nitrogens is 2. The minimum Gasteiger partial charge on any atom is -0.474 e. The number of ketones is 1. The van der Waals surface area contributed by atoms with E-state index in [-0.39, 0.29) is 48.6 Å². The summed E-state index contributed by atoms with van der Waals surface area (Å²) in [6, 6.07) is 5.41. The number of hydrogen-bond acceptors (Lipinski definition) is 9. The third-order valence-corrected chi connectivity index (χ3v) is 8.66. The molecule has 0 amide bonds. The van der Waals surface area contributed by atoms with Gasteiger partial charge in [-0.25, -0.2) is 22.8 Å².